The van der Waals surface area contributed by atoms with Crippen molar-refractivity contribution in [3.05, 3.63) is 53.7 Å². The molecule has 0 radical (unpaired) electrons. The first-order valence-corrected chi connectivity index (χ1v) is 9.63. The van der Waals surface area contributed by atoms with Crippen LogP contribution in [0.2, 0.25) is 0 Å². The van der Waals surface area contributed by atoms with E-state index in [1.807, 2.05) is 54.8 Å². The molecule has 0 spiro atoms. The average molecular weight is 383 g/mol. The molecule has 0 saturated heterocycles. The summed E-state index contributed by atoms with van der Waals surface area (Å²) in [5.74, 6) is -0.102. The van der Waals surface area contributed by atoms with Crippen molar-refractivity contribution in [2.75, 3.05) is 6.54 Å². The highest BCUT2D eigenvalue weighted by molar-refractivity contribution is 7.13. The average Bonchev–Trinajstić information content (AvgIpc) is 3.36. The van der Waals surface area contributed by atoms with Gasteiger partial charge in [-0.05, 0) is 36.9 Å². The molecule has 0 fully saturated rings. The molecule has 7 nitrogen and oxygen atoms in total. The van der Waals surface area contributed by atoms with Gasteiger partial charge in [-0.2, -0.15) is 0 Å². The summed E-state index contributed by atoms with van der Waals surface area (Å²) in [7, 11) is 0. The second-order valence-corrected chi connectivity index (χ2v) is 6.92. The molecule has 1 atom stereocenters. The molecule has 8 heteroatoms. The summed E-state index contributed by atoms with van der Waals surface area (Å²) in [5, 5.41) is 11.7. The monoisotopic (exact) mass is 383 g/mol. The summed E-state index contributed by atoms with van der Waals surface area (Å²) in [6, 6.07) is 12.7. The van der Waals surface area contributed by atoms with Crippen LogP contribution < -0.4 is 10.6 Å². The van der Waals surface area contributed by atoms with Crippen LogP contribution in [0.5, 0.6) is 0 Å². The van der Waals surface area contributed by atoms with Gasteiger partial charge in [0.15, 0.2) is 5.82 Å². The number of hydrogen-bond donors (Lipinski definition) is 2. The van der Waals surface area contributed by atoms with Crippen LogP contribution in [0.1, 0.15) is 30.9 Å². The first-order valence-electron chi connectivity index (χ1n) is 8.75. The molecule has 0 aliphatic carbocycles. The van der Waals surface area contributed by atoms with Gasteiger partial charge in [0.2, 0.25) is 11.7 Å². The smallest absolute Gasteiger partial charge is 0.291 e. The van der Waals surface area contributed by atoms with Crippen molar-refractivity contribution >= 4 is 23.2 Å². The van der Waals surface area contributed by atoms with Crippen LogP contribution in [0.25, 0.3) is 16.4 Å². The number of rotatable bonds is 7. The van der Waals surface area contributed by atoms with Gasteiger partial charge in [0.25, 0.3) is 5.91 Å². The third-order valence-corrected chi connectivity index (χ3v) is 4.71. The number of nitrogens with one attached hydrogen (secondary N) is 2. The van der Waals surface area contributed by atoms with Crippen LogP contribution >= 0.6 is 11.3 Å². The number of amides is 2. The highest BCUT2D eigenvalue weighted by Gasteiger charge is 2.22. The summed E-state index contributed by atoms with van der Waals surface area (Å²) >= 11 is 1.52. The fourth-order valence-electron chi connectivity index (χ4n) is 2.45. The molecule has 0 aliphatic heterocycles. The number of carbonyl (C=O) groups excluding carboxylic acids is 2. The predicted octanol–water partition coefficient (Wildman–Crippen LogP) is 2.64. The summed E-state index contributed by atoms with van der Waals surface area (Å²) in [6.07, 6.45) is 0.833. The Bertz CT molecular complexity index is 906. The van der Waals surface area contributed by atoms with Crippen LogP contribution in [-0.4, -0.2) is 39.2 Å². The first-order chi connectivity index (χ1) is 13.1. The summed E-state index contributed by atoms with van der Waals surface area (Å²) in [6.45, 7) is 4.18. The van der Waals surface area contributed by atoms with E-state index in [-0.39, 0.29) is 11.7 Å². The van der Waals surface area contributed by atoms with Crippen LogP contribution in [0.15, 0.2) is 47.8 Å². The van der Waals surface area contributed by atoms with E-state index in [0.29, 0.717) is 12.4 Å². The Morgan fingerprint density at radius 3 is 2.63 bits per heavy atom. The first kappa shape index (κ1) is 18.8. The van der Waals surface area contributed by atoms with Gasteiger partial charge in [0.05, 0.1) is 10.6 Å². The second kappa shape index (κ2) is 8.59. The Labute approximate surface area is 161 Å². The molecular weight excluding hydrogens is 362 g/mol. The molecule has 2 N–H and O–H groups in total. The normalized spacial score (nSPS) is 11.8. The lowest BCUT2D eigenvalue weighted by Gasteiger charge is -2.12. The summed E-state index contributed by atoms with van der Waals surface area (Å²) in [4.78, 5) is 29.9. The Hall–Kier alpha value is -3.00. The second-order valence-electron chi connectivity index (χ2n) is 5.97. The van der Waals surface area contributed by atoms with Crippen molar-refractivity contribution in [3.8, 4) is 16.4 Å². The third-order valence-electron chi connectivity index (χ3n) is 3.84. The molecule has 0 bridgehead atoms. The van der Waals surface area contributed by atoms with Gasteiger partial charge in [-0.25, -0.2) is 9.67 Å². The maximum Gasteiger partial charge on any atom is 0.291 e. The van der Waals surface area contributed by atoms with E-state index < -0.39 is 11.9 Å². The Balaban J connectivity index is 1.86. The zero-order valence-electron chi connectivity index (χ0n) is 15.2. The highest BCUT2D eigenvalue weighted by atomic mass is 32.1. The number of hydrogen-bond acceptors (Lipinski definition) is 5. The van der Waals surface area contributed by atoms with Crippen molar-refractivity contribution in [1.82, 2.24) is 25.4 Å². The molecule has 2 amide bonds. The molecule has 1 aromatic carbocycles. The summed E-state index contributed by atoms with van der Waals surface area (Å²) in [5.41, 5.74) is 0.807. The van der Waals surface area contributed by atoms with E-state index in [1.54, 1.807) is 11.6 Å². The lowest BCUT2D eigenvalue weighted by atomic mass is 10.3. The van der Waals surface area contributed by atoms with Crippen LogP contribution in [0.4, 0.5) is 0 Å². The maximum atomic E-state index is 12.6. The van der Waals surface area contributed by atoms with Crippen molar-refractivity contribution in [2.24, 2.45) is 0 Å². The highest BCUT2D eigenvalue weighted by Crippen LogP contribution is 2.25. The molecule has 2 heterocycles. The topological polar surface area (TPSA) is 88.9 Å². The molecule has 140 valence electrons. The van der Waals surface area contributed by atoms with E-state index in [0.717, 1.165) is 17.0 Å². The van der Waals surface area contributed by atoms with E-state index in [4.69, 9.17) is 0 Å². The SMILES string of the molecule is CCCNC(=O)C(C)NC(=O)c1nc(-c2cccs2)n(-c2ccccc2)n1. The molecule has 1 unspecified atom stereocenters. The molecule has 27 heavy (non-hydrogen) atoms. The fraction of sp³-hybridized carbons (Fsp3) is 0.263. The number of thiophene rings is 1. The molecule has 2 aromatic heterocycles. The van der Waals surface area contributed by atoms with Gasteiger partial charge in [-0.3, -0.25) is 9.59 Å². The molecule has 3 aromatic rings. The quantitative estimate of drug-likeness (QED) is 0.656. The van der Waals surface area contributed by atoms with E-state index in [2.05, 4.69) is 20.7 Å². The zero-order chi connectivity index (χ0) is 19.2. The van der Waals surface area contributed by atoms with Crippen molar-refractivity contribution in [2.45, 2.75) is 26.3 Å². The zero-order valence-corrected chi connectivity index (χ0v) is 16.0. The number of aromatic nitrogens is 3. The number of nitrogens with zero attached hydrogens (tertiary/aromatic N) is 3. The van der Waals surface area contributed by atoms with E-state index >= 15 is 0 Å². The largest absolute Gasteiger partial charge is 0.354 e. The van der Waals surface area contributed by atoms with Crippen LogP contribution in [0, 0.1) is 0 Å². The van der Waals surface area contributed by atoms with E-state index in [9.17, 15) is 9.59 Å². The van der Waals surface area contributed by atoms with Crippen molar-refractivity contribution in [3.63, 3.8) is 0 Å². The lowest BCUT2D eigenvalue weighted by molar-refractivity contribution is -0.122. The van der Waals surface area contributed by atoms with Gasteiger partial charge in [0.1, 0.15) is 6.04 Å². The molecule has 0 saturated carbocycles. The van der Waals surface area contributed by atoms with Gasteiger partial charge in [0, 0.05) is 6.54 Å². The Morgan fingerprint density at radius 1 is 1.19 bits per heavy atom. The molecular formula is C19H21N5O2S. The van der Waals surface area contributed by atoms with Gasteiger partial charge in [-0.15, -0.1) is 16.4 Å². The number of benzene rings is 1. The molecule has 3 rings (SSSR count). The minimum atomic E-state index is -0.669. The van der Waals surface area contributed by atoms with Gasteiger partial charge < -0.3 is 10.6 Å². The minimum absolute atomic E-state index is 0.0254. The number of para-hydroxylation sites is 1. The Kier molecular flexibility index (Phi) is 5.97. The number of carbonyl (C=O) groups is 2. The summed E-state index contributed by atoms with van der Waals surface area (Å²) < 4.78 is 1.64. The predicted molar refractivity (Wildman–Crippen MR) is 105 cm³/mol. The van der Waals surface area contributed by atoms with Crippen LogP contribution in [-0.2, 0) is 4.79 Å². The van der Waals surface area contributed by atoms with Gasteiger partial charge >= 0.3 is 0 Å². The third kappa shape index (κ3) is 4.40. The van der Waals surface area contributed by atoms with Crippen LogP contribution in [0.3, 0.4) is 0 Å². The van der Waals surface area contributed by atoms with Crippen molar-refractivity contribution in [1.29, 1.82) is 0 Å². The minimum Gasteiger partial charge on any atom is -0.354 e. The molecule has 0 aliphatic rings. The van der Waals surface area contributed by atoms with Crippen molar-refractivity contribution < 1.29 is 9.59 Å². The van der Waals surface area contributed by atoms with Gasteiger partial charge in [-0.1, -0.05) is 31.2 Å². The van der Waals surface area contributed by atoms with E-state index in [1.165, 1.54) is 11.3 Å². The Morgan fingerprint density at radius 2 is 1.96 bits per heavy atom. The maximum absolute atomic E-state index is 12.6. The fourth-order valence-corrected chi connectivity index (χ4v) is 3.15. The lowest BCUT2D eigenvalue weighted by Crippen LogP contribution is -2.45. The standard InChI is InChI=1S/C19H21N5O2S/c1-3-11-20-18(25)13(2)21-19(26)16-22-17(15-10-7-12-27-15)24(23-16)14-8-5-4-6-9-14/h4-10,12-13H,3,11H2,1-2H3,(H,20,25)(H,21,26).